The van der Waals surface area contributed by atoms with Crippen molar-refractivity contribution >= 4 is 5.84 Å². The van der Waals surface area contributed by atoms with Crippen molar-refractivity contribution in [3.05, 3.63) is 0 Å². The van der Waals surface area contributed by atoms with Crippen LogP contribution in [0.3, 0.4) is 0 Å². The maximum absolute atomic E-state index is 6.07. The van der Waals surface area contributed by atoms with Crippen molar-refractivity contribution in [3.8, 4) is 0 Å². The van der Waals surface area contributed by atoms with Crippen LogP contribution in [0.15, 0.2) is 4.99 Å². The van der Waals surface area contributed by atoms with E-state index in [4.69, 9.17) is 5.73 Å². The molecule has 0 aliphatic carbocycles. The minimum absolute atomic E-state index is 0.0824. The lowest BCUT2D eigenvalue weighted by Crippen LogP contribution is -2.56. The maximum Gasteiger partial charge on any atom is 0.113 e. The number of hydrogen-bond acceptors (Lipinski definition) is 3. The van der Waals surface area contributed by atoms with Gasteiger partial charge in [-0.05, 0) is 34.9 Å². The predicted molar refractivity (Wildman–Crippen MR) is 65.3 cm³/mol. The number of aliphatic imine (C=N–C) groups is 1. The fourth-order valence-corrected chi connectivity index (χ4v) is 1.79. The Hall–Kier alpha value is -0.610. The lowest BCUT2D eigenvalue weighted by Gasteiger charge is -2.37. The molecule has 0 spiro atoms. The highest BCUT2D eigenvalue weighted by Crippen LogP contribution is 2.11. The largest absolute Gasteiger partial charge is 0.386 e. The van der Waals surface area contributed by atoms with Crippen molar-refractivity contribution in [2.45, 2.75) is 32.4 Å². The molecule has 1 aliphatic heterocycles. The first-order valence-corrected chi connectivity index (χ1v) is 5.53. The number of rotatable bonds is 1. The lowest BCUT2D eigenvalue weighted by atomic mass is 10.1. The van der Waals surface area contributed by atoms with Gasteiger partial charge in [-0.25, -0.2) is 0 Å². The molecule has 0 aromatic rings. The van der Waals surface area contributed by atoms with Gasteiger partial charge in [0.05, 0.1) is 11.6 Å². The fraction of sp³-hybridized carbons (Fsp3) is 0.909. The summed E-state index contributed by atoms with van der Waals surface area (Å²) in [6.07, 6.45) is 0. The van der Waals surface area contributed by atoms with Crippen LogP contribution in [0.25, 0.3) is 0 Å². The molecule has 2 N–H and O–H groups in total. The Morgan fingerprint density at radius 2 is 1.87 bits per heavy atom. The first kappa shape index (κ1) is 12.5. The number of likely N-dealkylation sites (N-methyl/N-ethyl adjacent to an activating group) is 2. The normalized spacial score (nSPS) is 27.0. The molecule has 0 aromatic carbocycles. The number of amidine groups is 1. The van der Waals surface area contributed by atoms with Gasteiger partial charge in [0, 0.05) is 19.6 Å². The highest BCUT2D eigenvalue weighted by molar-refractivity contribution is 5.86. The molecule has 4 nitrogen and oxygen atoms in total. The summed E-state index contributed by atoms with van der Waals surface area (Å²) in [6.45, 7) is 9.37. The molecule has 0 radical (unpaired) electrons. The van der Waals surface area contributed by atoms with E-state index in [1.807, 2.05) is 0 Å². The Labute approximate surface area is 93.1 Å². The molecule has 1 atom stereocenters. The van der Waals surface area contributed by atoms with Gasteiger partial charge in [0.2, 0.25) is 0 Å². The van der Waals surface area contributed by atoms with Crippen LogP contribution in [0.2, 0.25) is 0 Å². The Bertz CT molecular complexity index is 241. The molecule has 88 valence electrons. The van der Waals surface area contributed by atoms with E-state index in [9.17, 15) is 0 Å². The van der Waals surface area contributed by atoms with Gasteiger partial charge < -0.3 is 10.6 Å². The van der Waals surface area contributed by atoms with Gasteiger partial charge in [-0.1, -0.05) is 0 Å². The van der Waals surface area contributed by atoms with E-state index in [-0.39, 0.29) is 11.6 Å². The number of hydrogen-bond donors (Lipinski definition) is 1. The van der Waals surface area contributed by atoms with Gasteiger partial charge in [-0.3, -0.25) is 9.89 Å². The van der Waals surface area contributed by atoms with E-state index in [2.05, 4.69) is 49.7 Å². The molecule has 1 heterocycles. The smallest absolute Gasteiger partial charge is 0.113 e. The van der Waals surface area contributed by atoms with Crippen LogP contribution in [0, 0.1) is 0 Å². The van der Waals surface area contributed by atoms with Gasteiger partial charge in [-0.2, -0.15) is 0 Å². The molecular formula is C11H24N4. The molecule has 0 saturated carbocycles. The summed E-state index contributed by atoms with van der Waals surface area (Å²) in [5.74, 6) is 0.761. The van der Waals surface area contributed by atoms with Gasteiger partial charge in [-0.15, -0.1) is 0 Å². The predicted octanol–water partition coefficient (Wildman–Crippen LogP) is 0.388. The van der Waals surface area contributed by atoms with Crippen LogP contribution in [0.4, 0.5) is 0 Å². The van der Waals surface area contributed by atoms with E-state index in [1.54, 1.807) is 0 Å². The Morgan fingerprint density at radius 3 is 2.40 bits per heavy atom. The Balaban J connectivity index is 2.73. The summed E-state index contributed by atoms with van der Waals surface area (Å²) in [5, 5.41) is 0. The van der Waals surface area contributed by atoms with Crippen LogP contribution in [0.5, 0.6) is 0 Å². The molecule has 1 unspecified atom stereocenters. The molecule has 1 fully saturated rings. The second-order valence-electron chi connectivity index (χ2n) is 5.47. The summed E-state index contributed by atoms with van der Waals surface area (Å²) in [6, 6.07) is 0.267. The van der Waals surface area contributed by atoms with E-state index in [0.717, 1.165) is 25.5 Å². The first-order valence-electron chi connectivity index (χ1n) is 5.53. The highest BCUT2D eigenvalue weighted by atomic mass is 15.3. The zero-order chi connectivity index (χ0) is 11.6. The lowest BCUT2D eigenvalue weighted by molar-refractivity contribution is 0.150. The van der Waals surface area contributed by atoms with E-state index >= 15 is 0 Å². The average molecular weight is 212 g/mol. The third-order valence-corrected chi connectivity index (χ3v) is 2.66. The molecule has 1 saturated heterocycles. The van der Waals surface area contributed by atoms with Crippen LogP contribution in [-0.4, -0.2) is 60.9 Å². The summed E-state index contributed by atoms with van der Waals surface area (Å²) >= 11 is 0. The molecule has 0 amide bonds. The monoisotopic (exact) mass is 212 g/mol. The topological polar surface area (TPSA) is 44.9 Å². The number of nitrogens with zero attached hydrogens (tertiary/aromatic N) is 3. The minimum atomic E-state index is -0.0824. The van der Waals surface area contributed by atoms with Crippen LogP contribution in [-0.2, 0) is 0 Å². The second-order valence-corrected chi connectivity index (χ2v) is 5.47. The molecule has 0 bridgehead atoms. The summed E-state index contributed by atoms with van der Waals surface area (Å²) < 4.78 is 0. The zero-order valence-corrected chi connectivity index (χ0v) is 10.6. The molecule has 1 aliphatic rings. The van der Waals surface area contributed by atoms with Gasteiger partial charge >= 0.3 is 0 Å². The van der Waals surface area contributed by atoms with Crippen molar-refractivity contribution in [1.29, 1.82) is 0 Å². The van der Waals surface area contributed by atoms with Gasteiger partial charge in [0.1, 0.15) is 5.84 Å². The Morgan fingerprint density at radius 1 is 1.27 bits per heavy atom. The van der Waals surface area contributed by atoms with Crippen LogP contribution < -0.4 is 5.73 Å². The standard InChI is InChI=1S/C11H24N4/c1-11(2,3)13-10(12)9-8-14(4)6-7-15(9)5/h9H,6-8H2,1-5H3,(H2,12,13). The van der Waals surface area contributed by atoms with E-state index < -0.39 is 0 Å². The summed E-state index contributed by atoms with van der Waals surface area (Å²) in [4.78, 5) is 9.13. The molecule has 0 aromatic heterocycles. The molecule has 15 heavy (non-hydrogen) atoms. The molecular weight excluding hydrogens is 188 g/mol. The quantitative estimate of drug-likeness (QED) is 0.505. The van der Waals surface area contributed by atoms with E-state index in [1.165, 1.54) is 0 Å². The molecule has 1 rings (SSSR count). The zero-order valence-electron chi connectivity index (χ0n) is 10.6. The van der Waals surface area contributed by atoms with Crippen molar-refractivity contribution in [2.75, 3.05) is 33.7 Å². The summed E-state index contributed by atoms with van der Waals surface area (Å²) in [5.41, 5.74) is 5.99. The van der Waals surface area contributed by atoms with Crippen molar-refractivity contribution < 1.29 is 0 Å². The maximum atomic E-state index is 6.07. The van der Waals surface area contributed by atoms with Crippen LogP contribution >= 0.6 is 0 Å². The molecule has 4 heteroatoms. The number of nitrogens with two attached hydrogens (primary N) is 1. The van der Waals surface area contributed by atoms with Crippen molar-refractivity contribution in [1.82, 2.24) is 9.80 Å². The van der Waals surface area contributed by atoms with Gasteiger partial charge in [0.15, 0.2) is 0 Å². The average Bonchev–Trinajstić information content (AvgIpc) is 2.06. The van der Waals surface area contributed by atoms with Crippen LogP contribution in [0.1, 0.15) is 20.8 Å². The van der Waals surface area contributed by atoms with Gasteiger partial charge in [0.25, 0.3) is 0 Å². The van der Waals surface area contributed by atoms with Crippen molar-refractivity contribution in [3.63, 3.8) is 0 Å². The number of piperazine rings is 1. The highest BCUT2D eigenvalue weighted by Gasteiger charge is 2.26. The first-order chi connectivity index (χ1) is 6.79. The van der Waals surface area contributed by atoms with Crippen molar-refractivity contribution in [2.24, 2.45) is 10.7 Å². The third-order valence-electron chi connectivity index (χ3n) is 2.66. The Kier molecular flexibility index (Phi) is 3.73. The second kappa shape index (κ2) is 4.49. The minimum Gasteiger partial charge on any atom is -0.386 e. The third kappa shape index (κ3) is 3.80. The fourth-order valence-electron chi connectivity index (χ4n) is 1.79. The SMILES string of the molecule is CN1CCN(C)C(C(N)=NC(C)(C)C)C1. The summed E-state index contributed by atoms with van der Waals surface area (Å²) in [7, 11) is 4.24. The van der Waals surface area contributed by atoms with E-state index in [0.29, 0.717) is 0 Å².